The lowest BCUT2D eigenvalue weighted by Gasteiger charge is -2.30. The zero-order chi connectivity index (χ0) is 52.5. The van der Waals surface area contributed by atoms with Crippen LogP contribution >= 0.6 is 0 Å². The number of carbonyl (C=O) groups excluding carboxylic acids is 1. The highest BCUT2D eigenvalue weighted by molar-refractivity contribution is 7.86. The first kappa shape index (κ1) is 57.8. The first-order chi connectivity index (χ1) is 34.2. The first-order valence-corrected chi connectivity index (χ1v) is 26.7. The van der Waals surface area contributed by atoms with Crippen molar-refractivity contribution in [2.24, 2.45) is 0 Å². The molecule has 0 saturated heterocycles. The Morgan fingerprint density at radius 2 is 1.38 bits per heavy atom. The molecule has 4 N–H and O–H groups in total. The highest BCUT2D eigenvalue weighted by atomic mass is 32.2. The molecule has 3 aliphatic rings. The third kappa shape index (κ3) is 16.7. The van der Waals surface area contributed by atoms with Crippen molar-refractivity contribution >= 4 is 38.0 Å². The van der Waals surface area contributed by atoms with Crippen molar-refractivity contribution in [3.05, 3.63) is 94.7 Å². The lowest BCUT2D eigenvalue weighted by molar-refractivity contribution is -0.145. The Labute approximate surface area is 421 Å². The van der Waals surface area contributed by atoms with Gasteiger partial charge in [-0.25, -0.2) is 9.37 Å². The molecule has 2 aliphatic heterocycles. The Morgan fingerprint density at radius 3 is 1.94 bits per heavy atom. The predicted molar refractivity (Wildman–Crippen MR) is 268 cm³/mol. The van der Waals surface area contributed by atoms with Gasteiger partial charge in [0.1, 0.15) is 24.7 Å². The summed E-state index contributed by atoms with van der Waals surface area (Å²) in [5.41, 5.74) is 1.77. The number of methoxy groups -OCH3 is 2. The van der Waals surface area contributed by atoms with Gasteiger partial charge >= 0.3 is 5.97 Å². The van der Waals surface area contributed by atoms with E-state index in [1.807, 2.05) is 75.1 Å². The lowest BCUT2D eigenvalue weighted by atomic mass is 9.77. The fourth-order valence-corrected chi connectivity index (χ4v) is 9.13. The molecule has 3 heterocycles. The summed E-state index contributed by atoms with van der Waals surface area (Å²) in [6.45, 7) is 13.7. The van der Waals surface area contributed by atoms with E-state index in [-0.39, 0.29) is 37.1 Å². The molecule has 0 saturated carbocycles. The van der Waals surface area contributed by atoms with Crippen molar-refractivity contribution in [2.45, 2.75) is 69.1 Å². The fraction of sp³-hybridized carbons (Fsp3) is 0.520. The number of rotatable bonds is 30. The number of fused-ring (bicyclic) bond motifs is 2. The number of aromatic nitrogens is 1. The van der Waals surface area contributed by atoms with E-state index in [4.69, 9.17) is 37.7 Å². The maximum absolute atomic E-state index is 13.0. The minimum atomic E-state index is -4.67. The Bertz CT molecular complexity index is 2700. The second-order valence-corrected chi connectivity index (χ2v) is 21.3. The summed E-state index contributed by atoms with van der Waals surface area (Å²) >= 11 is 0. The Hall–Kier alpha value is -5.14. The molecule has 0 bridgehead atoms. The summed E-state index contributed by atoms with van der Waals surface area (Å²) < 4.78 is 111. The normalized spacial score (nSPS) is 15.8. The molecule has 0 radical (unpaired) electrons. The van der Waals surface area contributed by atoms with Crippen molar-refractivity contribution in [1.29, 1.82) is 0 Å². The number of aromatic hydroxyl groups is 2. The molecule has 0 fully saturated rings. The van der Waals surface area contributed by atoms with Crippen LogP contribution in [0.15, 0.2) is 81.8 Å². The maximum atomic E-state index is 13.0. The van der Waals surface area contributed by atoms with Crippen LogP contribution in [0, 0.1) is 0 Å². The third-order valence-electron chi connectivity index (χ3n) is 11.9. The Kier molecular flexibility index (Phi) is 21.4. The van der Waals surface area contributed by atoms with E-state index in [1.165, 1.54) is 18.2 Å². The molecule has 1 aromatic carbocycles. The molecule has 1 aromatic heterocycles. The molecular weight excluding hydrogens is 979 g/mol. The van der Waals surface area contributed by atoms with Crippen molar-refractivity contribution in [3.63, 3.8) is 0 Å². The summed E-state index contributed by atoms with van der Waals surface area (Å²) in [6, 6.07) is 14.4. The fourth-order valence-electron chi connectivity index (χ4n) is 8.13. The minimum absolute atomic E-state index is 0.00436. The summed E-state index contributed by atoms with van der Waals surface area (Å²) in [4.78, 5) is 19.6. The molecule has 398 valence electrons. The summed E-state index contributed by atoms with van der Waals surface area (Å²) in [5.74, 6) is -0.970. The number of hydrogen-bond acceptors (Lipinski definition) is 16. The van der Waals surface area contributed by atoms with Gasteiger partial charge in [-0.15, -0.1) is 4.73 Å². The van der Waals surface area contributed by atoms with Gasteiger partial charge in [-0.2, -0.15) is 16.8 Å². The van der Waals surface area contributed by atoms with Gasteiger partial charge in [0, 0.05) is 73.2 Å². The first-order valence-electron chi connectivity index (χ1n) is 23.7. The highest BCUT2D eigenvalue weighted by Gasteiger charge is 2.44. The minimum Gasteiger partial charge on any atom is -0.492 e. The van der Waals surface area contributed by atoms with Gasteiger partial charge in [0.15, 0.2) is 13.1 Å². The second kappa shape index (κ2) is 26.7. The van der Waals surface area contributed by atoms with E-state index in [1.54, 1.807) is 14.2 Å². The highest BCUT2D eigenvalue weighted by Crippen LogP contribution is 2.51. The Balaban J connectivity index is 1.54. The van der Waals surface area contributed by atoms with Gasteiger partial charge in [-0.1, -0.05) is 32.9 Å². The molecule has 20 nitrogen and oxygen atoms in total. The standard InChI is InChI=1S/C50H69N3O17S2/c1-49(2,3)45-34-37(40-15-13-38(35-43(40)69-45)51(21-23-65-29-31-67-27-25-63-5)22-24-66-30-32-68-28-26-64-6)10-7-11-44-50(4,19-8-12-48(56)70-53-46(54)17-18-47(53)55)41-36-39(72(60,61)62)14-16-42(41)52(44)20-9-33-71(57,58)59/h7,10-11,13-18,34-36H,8-9,12,19-33H2,1-6H3,(H3-,54,55,57,58,59,60,61,62)/p+1. The molecule has 2 aromatic rings. The number of nitrogens with zero attached hydrogens (tertiary/aromatic N) is 3. The summed E-state index contributed by atoms with van der Waals surface area (Å²) in [7, 11) is -5.77. The number of benzene rings is 2. The second-order valence-electron chi connectivity index (χ2n) is 18.3. The molecule has 0 spiro atoms. The number of carbonyl (C=O) groups is 1. The molecule has 1 unspecified atom stereocenters. The van der Waals surface area contributed by atoms with Crippen LogP contribution in [0.3, 0.4) is 0 Å². The van der Waals surface area contributed by atoms with Crippen LogP contribution in [0.2, 0.25) is 0 Å². The smallest absolute Gasteiger partial charge is 0.333 e. The molecule has 1 aliphatic carbocycles. The largest absolute Gasteiger partial charge is 0.492 e. The zero-order valence-electron chi connectivity index (χ0n) is 41.9. The van der Waals surface area contributed by atoms with Gasteiger partial charge < -0.3 is 52.8 Å². The van der Waals surface area contributed by atoms with Crippen LogP contribution in [0.1, 0.15) is 70.3 Å². The average Bonchev–Trinajstić information content (AvgIpc) is 3.75. The molecule has 1 atom stereocenters. The van der Waals surface area contributed by atoms with Crippen molar-refractivity contribution in [1.82, 2.24) is 9.31 Å². The third-order valence-corrected chi connectivity index (χ3v) is 13.5. The number of hydrogen-bond donors (Lipinski definition) is 4. The SMILES string of the molecule is COCCOCCOCC[N+](CCOCCOCCOC)=c1ccc2c(C=CC=C3N(CCCS(=O)(=O)O)c4ccc(S(=O)(=O)O)cc4C3(C)CCCC(=O)On3c(O)ccc3O)cc(C(C)(C)C)oc-2c1. The average molecular weight is 1050 g/mol. The lowest BCUT2D eigenvalue weighted by Crippen LogP contribution is -2.36. The van der Waals surface area contributed by atoms with E-state index < -0.39 is 54.5 Å². The van der Waals surface area contributed by atoms with Crippen LogP contribution in [0.4, 0.5) is 5.69 Å². The van der Waals surface area contributed by atoms with Crippen molar-refractivity contribution < 1.29 is 78.6 Å². The topological polar surface area (TPSA) is 255 Å². The van der Waals surface area contributed by atoms with E-state index in [0.717, 1.165) is 28.6 Å². The zero-order valence-corrected chi connectivity index (χ0v) is 43.5. The van der Waals surface area contributed by atoms with Crippen LogP contribution in [-0.2, 0) is 64.3 Å². The van der Waals surface area contributed by atoms with Crippen LogP contribution in [0.25, 0.3) is 17.4 Å². The van der Waals surface area contributed by atoms with Crippen LogP contribution in [0.5, 0.6) is 11.8 Å². The van der Waals surface area contributed by atoms with Gasteiger partial charge in [0.2, 0.25) is 17.1 Å². The molecule has 22 heteroatoms. The summed E-state index contributed by atoms with van der Waals surface area (Å²) in [5, 5.41) is 20.9. The van der Waals surface area contributed by atoms with E-state index >= 15 is 0 Å². The van der Waals surface area contributed by atoms with Crippen molar-refractivity contribution in [3.8, 4) is 23.1 Å². The summed E-state index contributed by atoms with van der Waals surface area (Å²) in [6.07, 6.45) is 5.77. The number of anilines is 1. The Morgan fingerprint density at radius 1 is 0.778 bits per heavy atom. The van der Waals surface area contributed by atoms with E-state index in [2.05, 4.69) is 4.58 Å². The maximum Gasteiger partial charge on any atom is 0.333 e. The van der Waals surface area contributed by atoms with Crippen LogP contribution < -0.4 is 19.7 Å². The van der Waals surface area contributed by atoms with Gasteiger partial charge in [0.25, 0.3) is 20.2 Å². The van der Waals surface area contributed by atoms with Gasteiger partial charge in [0.05, 0.1) is 69.6 Å². The van der Waals surface area contributed by atoms with Gasteiger partial charge in [-0.05, 0) is 73.7 Å². The molecule has 0 amide bonds. The number of allylic oxidation sites excluding steroid dienone is 3. The number of ether oxygens (including phenoxy) is 6. The van der Waals surface area contributed by atoms with Crippen molar-refractivity contribution in [2.75, 3.05) is 111 Å². The van der Waals surface area contributed by atoms with Crippen LogP contribution in [-0.4, -0.2) is 153 Å². The molecule has 5 rings (SSSR count). The molecular formula is C50H70N3O17S2+. The molecule has 72 heavy (non-hydrogen) atoms. The van der Waals surface area contributed by atoms with E-state index in [0.29, 0.717) is 112 Å². The van der Waals surface area contributed by atoms with Gasteiger partial charge in [-0.3, -0.25) is 9.11 Å². The quantitative estimate of drug-likeness (QED) is 0.0303. The monoisotopic (exact) mass is 1050 g/mol. The predicted octanol–water partition coefficient (Wildman–Crippen LogP) is 5.05. The van der Waals surface area contributed by atoms with E-state index in [9.17, 15) is 40.9 Å².